The van der Waals surface area contributed by atoms with Crippen molar-refractivity contribution in [3.63, 3.8) is 0 Å². The van der Waals surface area contributed by atoms with E-state index >= 15 is 0 Å². The van der Waals surface area contributed by atoms with Gasteiger partial charge < -0.3 is 64.2 Å². The van der Waals surface area contributed by atoms with E-state index in [-0.39, 0.29) is 25.6 Å². The Bertz CT molecular complexity index is 1420. The molecule has 2 aliphatic heterocycles. The summed E-state index contributed by atoms with van der Waals surface area (Å²) >= 11 is 0. The predicted molar refractivity (Wildman–Crippen MR) is 298 cm³/mol. The van der Waals surface area contributed by atoms with E-state index in [9.17, 15) is 40.5 Å². The summed E-state index contributed by atoms with van der Waals surface area (Å²) in [5, 5.41) is 72.4. The Balaban J connectivity index is 1.68. The number of unbranched alkanes of at least 4 members (excludes halogenated alkanes) is 27. The number of rotatable bonds is 49. The van der Waals surface area contributed by atoms with Gasteiger partial charge in [-0.05, 0) is 70.6 Å². The van der Waals surface area contributed by atoms with Crippen LogP contribution >= 0.6 is 0 Å². The molecular formula is C61H110O14. The molecule has 11 atom stereocenters. The first-order valence-electron chi connectivity index (χ1n) is 30.2. The van der Waals surface area contributed by atoms with Gasteiger partial charge in [0.15, 0.2) is 12.6 Å². The van der Waals surface area contributed by atoms with Gasteiger partial charge in [0.05, 0.1) is 26.4 Å². The SMILES string of the molecule is CC/C=C\C/C=C\C/C=C\CCCCCCCCOCC(COC1OC(COC2OC(CO)C(O)C(O)C2O)C(O)C(O)C1O)OC(=O)CCCCCCCCCCCCCCC/C=C\CCCCCCCCCC. The third kappa shape index (κ3) is 34.5. The Hall–Kier alpha value is -2.05. The summed E-state index contributed by atoms with van der Waals surface area (Å²) in [7, 11) is 0. The second-order valence-electron chi connectivity index (χ2n) is 21.1. The first-order valence-corrected chi connectivity index (χ1v) is 30.2. The molecule has 0 aromatic heterocycles. The Morgan fingerprint density at radius 1 is 0.453 bits per heavy atom. The summed E-state index contributed by atoms with van der Waals surface area (Å²) in [6.45, 7) is 3.57. The molecule has 0 aliphatic carbocycles. The quantitative estimate of drug-likeness (QED) is 0.0172. The molecular weight excluding hydrogens is 957 g/mol. The zero-order valence-corrected chi connectivity index (χ0v) is 47.0. The lowest BCUT2D eigenvalue weighted by Gasteiger charge is -2.42. The zero-order chi connectivity index (χ0) is 54.4. The predicted octanol–water partition coefficient (Wildman–Crippen LogP) is 11.1. The van der Waals surface area contributed by atoms with Crippen LogP contribution in [0.1, 0.15) is 232 Å². The van der Waals surface area contributed by atoms with Crippen LogP contribution in [0.3, 0.4) is 0 Å². The average Bonchev–Trinajstić information content (AvgIpc) is 3.41. The summed E-state index contributed by atoms with van der Waals surface area (Å²) in [6, 6.07) is 0. The Kier molecular flexibility index (Phi) is 44.1. The minimum atomic E-state index is -1.71. The molecule has 14 heteroatoms. The van der Waals surface area contributed by atoms with Gasteiger partial charge >= 0.3 is 5.97 Å². The van der Waals surface area contributed by atoms with Crippen LogP contribution in [0.4, 0.5) is 0 Å². The first kappa shape index (κ1) is 69.1. The van der Waals surface area contributed by atoms with Crippen LogP contribution < -0.4 is 0 Å². The fraction of sp³-hybridized carbons (Fsp3) is 0.852. The van der Waals surface area contributed by atoms with E-state index in [1.54, 1.807) is 0 Å². The molecule has 2 rings (SSSR count). The third-order valence-corrected chi connectivity index (χ3v) is 14.3. The number of hydrogen-bond donors (Lipinski definition) is 7. The Morgan fingerprint density at radius 3 is 1.37 bits per heavy atom. The maximum absolute atomic E-state index is 13.1. The summed E-state index contributed by atoms with van der Waals surface area (Å²) < 4.78 is 34.4. The van der Waals surface area contributed by atoms with Crippen molar-refractivity contribution in [1.29, 1.82) is 0 Å². The molecule has 7 N–H and O–H groups in total. The molecule has 2 aliphatic rings. The van der Waals surface area contributed by atoms with Crippen LogP contribution in [-0.4, -0.2) is 142 Å². The standard InChI is InChI=1S/C61H110O14/c1-3-5-7-9-11-13-15-17-19-21-22-23-24-25-26-27-28-29-30-32-34-36-38-40-42-44-53(63)73-50(47-70-45-43-41-39-37-35-33-31-20-18-16-14-12-10-8-6-4-2)48-71-60-59(69)57(67)55(65)52(75-60)49-72-61-58(68)56(66)54(64)51(46-62)74-61/h6,8,12,14,18,20-22,50-52,54-62,64-69H,3-5,7,9-11,13,15-17,19,23-49H2,1-2H3/b8-6-,14-12-,20-18-,22-21-. The van der Waals surface area contributed by atoms with E-state index < -0.39 is 80.7 Å². The van der Waals surface area contributed by atoms with Gasteiger partial charge in [-0.25, -0.2) is 0 Å². The van der Waals surface area contributed by atoms with Crippen LogP contribution in [0.2, 0.25) is 0 Å². The highest BCUT2D eigenvalue weighted by atomic mass is 16.7. The average molecular weight is 1070 g/mol. The van der Waals surface area contributed by atoms with Gasteiger partial charge in [0.2, 0.25) is 0 Å². The number of aliphatic hydroxyl groups excluding tert-OH is 7. The van der Waals surface area contributed by atoms with Gasteiger partial charge in [-0.2, -0.15) is 0 Å². The smallest absolute Gasteiger partial charge is 0.306 e. The molecule has 0 saturated carbocycles. The number of esters is 1. The van der Waals surface area contributed by atoms with Crippen molar-refractivity contribution < 1.29 is 69.0 Å². The molecule has 0 radical (unpaired) electrons. The van der Waals surface area contributed by atoms with Crippen molar-refractivity contribution in [2.75, 3.05) is 33.0 Å². The van der Waals surface area contributed by atoms with E-state index in [2.05, 4.69) is 62.5 Å². The number of hydrogen-bond acceptors (Lipinski definition) is 14. The van der Waals surface area contributed by atoms with Crippen LogP contribution in [0, 0.1) is 0 Å². The van der Waals surface area contributed by atoms with Crippen molar-refractivity contribution in [2.45, 2.75) is 300 Å². The normalized spacial score (nSPS) is 24.9. The van der Waals surface area contributed by atoms with Gasteiger partial charge in [-0.15, -0.1) is 0 Å². The highest BCUT2D eigenvalue weighted by Gasteiger charge is 2.47. The van der Waals surface area contributed by atoms with Gasteiger partial charge in [0.25, 0.3) is 0 Å². The summed E-state index contributed by atoms with van der Waals surface area (Å²) in [4.78, 5) is 13.1. The van der Waals surface area contributed by atoms with Crippen molar-refractivity contribution in [2.24, 2.45) is 0 Å². The molecule has 0 aromatic rings. The van der Waals surface area contributed by atoms with Crippen LogP contribution in [0.15, 0.2) is 48.6 Å². The summed E-state index contributed by atoms with van der Waals surface area (Å²) in [5.74, 6) is -0.379. The summed E-state index contributed by atoms with van der Waals surface area (Å²) in [6.07, 6.45) is 41.8. The Morgan fingerprint density at radius 2 is 0.867 bits per heavy atom. The minimum Gasteiger partial charge on any atom is -0.457 e. The highest BCUT2D eigenvalue weighted by molar-refractivity contribution is 5.69. The molecule has 438 valence electrons. The lowest BCUT2D eigenvalue weighted by atomic mass is 9.98. The lowest BCUT2D eigenvalue weighted by molar-refractivity contribution is -0.332. The number of aliphatic hydroxyl groups is 7. The second-order valence-corrected chi connectivity index (χ2v) is 21.1. The van der Waals surface area contributed by atoms with Crippen molar-refractivity contribution >= 4 is 5.97 Å². The van der Waals surface area contributed by atoms with E-state index in [1.165, 1.54) is 135 Å². The fourth-order valence-electron chi connectivity index (χ4n) is 9.47. The lowest BCUT2D eigenvalue weighted by Crippen LogP contribution is -2.61. The second kappa shape index (κ2) is 47.9. The molecule has 14 nitrogen and oxygen atoms in total. The molecule has 2 heterocycles. The van der Waals surface area contributed by atoms with Gasteiger partial charge in [0.1, 0.15) is 54.9 Å². The van der Waals surface area contributed by atoms with Crippen LogP contribution in [0.25, 0.3) is 0 Å². The monoisotopic (exact) mass is 1070 g/mol. The first-order chi connectivity index (χ1) is 36.6. The van der Waals surface area contributed by atoms with E-state index in [0.29, 0.717) is 13.0 Å². The molecule has 0 amide bonds. The molecule has 0 aromatic carbocycles. The minimum absolute atomic E-state index is 0.0530. The van der Waals surface area contributed by atoms with Crippen LogP contribution in [-0.2, 0) is 33.2 Å². The van der Waals surface area contributed by atoms with E-state index in [4.69, 9.17) is 28.4 Å². The number of ether oxygens (including phenoxy) is 6. The maximum atomic E-state index is 13.1. The van der Waals surface area contributed by atoms with Crippen molar-refractivity contribution in [3.05, 3.63) is 48.6 Å². The number of carbonyl (C=O) groups is 1. The molecule has 0 spiro atoms. The van der Waals surface area contributed by atoms with E-state index in [1.807, 2.05) is 0 Å². The van der Waals surface area contributed by atoms with Gasteiger partial charge in [-0.1, -0.05) is 204 Å². The topological polar surface area (TPSA) is 214 Å². The molecule has 75 heavy (non-hydrogen) atoms. The molecule has 2 fully saturated rings. The zero-order valence-electron chi connectivity index (χ0n) is 47.0. The van der Waals surface area contributed by atoms with Crippen molar-refractivity contribution in [3.8, 4) is 0 Å². The van der Waals surface area contributed by atoms with Gasteiger partial charge in [0, 0.05) is 13.0 Å². The fourth-order valence-corrected chi connectivity index (χ4v) is 9.47. The van der Waals surface area contributed by atoms with Gasteiger partial charge in [-0.3, -0.25) is 4.79 Å². The van der Waals surface area contributed by atoms with Crippen LogP contribution in [0.5, 0.6) is 0 Å². The largest absolute Gasteiger partial charge is 0.457 e. The molecule has 2 saturated heterocycles. The number of allylic oxidation sites excluding steroid dienone is 8. The van der Waals surface area contributed by atoms with E-state index in [0.717, 1.165) is 70.6 Å². The Labute approximate surface area is 454 Å². The molecule has 11 unspecified atom stereocenters. The highest BCUT2D eigenvalue weighted by Crippen LogP contribution is 2.27. The maximum Gasteiger partial charge on any atom is 0.306 e. The summed E-state index contributed by atoms with van der Waals surface area (Å²) in [5.41, 5.74) is 0. The third-order valence-electron chi connectivity index (χ3n) is 14.3. The molecule has 0 bridgehead atoms. The number of carbonyl (C=O) groups excluding carboxylic acids is 1. The van der Waals surface area contributed by atoms with Crippen molar-refractivity contribution in [1.82, 2.24) is 0 Å².